The molecule has 0 radical (unpaired) electrons. The Bertz CT molecular complexity index is 41.9. The Hall–Kier alpha value is 0.430. The molecule has 0 saturated carbocycles. The van der Waals surface area contributed by atoms with Crippen molar-refractivity contribution < 1.29 is 9.53 Å². The fourth-order valence-corrected chi connectivity index (χ4v) is 0.116. The maximum absolute atomic E-state index is 9.29. The molecule has 0 amide bonds. The van der Waals surface area contributed by atoms with Crippen LogP contribution in [0.4, 0.5) is 0 Å². The van der Waals surface area contributed by atoms with Crippen molar-refractivity contribution in [3.8, 4) is 0 Å². The third kappa shape index (κ3) is 10.7. The monoisotopic (exact) mass is 113 g/mol. The van der Waals surface area contributed by atoms with Gasteiger partial charge in [-0.1, -0.05) is 0 Å². The maximum atomic E-state index is 9.29. The standard InChI is InChI=1S/C3H7NO2.Na.H/c4-1-2-6-3-5;;/h3H,1-2,4H2;;. The zero-order chi connectivity index (χ0) is 4.83. The molecular weight excluding hydrogens is 105 g/mol. The second-order valence-corrected chi connectivity index (χ2v) is 0.756. The molecule has 0 rings (SSSR count). The number of hydrogen-bond acceptors (Lipinski definition) is 3. The summed E-state index contributed by atoms with van der Waals surface area (Å²) in [4.78, 5) is 9.29. The van der Waals surface area contributed by atoms with Crippen molar-refractivity contribution in [2.45, 2.75) is 0 Å². The summed E-state index contributed by atoms with van der Waals surface area (Å²) in [6.07, 6.45) is 0. The average molecular weight is 113 g/mol. The van der Waals surface area contributed by atoms with Crippen LogP contribution < -0.4 is 5.73 Å². The molecule has 0 aliphatic carbocycles. The molecule has 0 aromatic rings. The van der Waals surface area contributed by atoms with E-state index in [9.17, 15) is 4.79 Å². The van der Waals surface area contributed by atoms with E-state index in [-0.39, 0.29) is 29.6 Å². The molecule has 38 valence electrons. The van der Waals surface area contributed by atoms with Crippen LogP contribution in [0.5, 0.6) is 0 Å². The summed E-state index contributed by atoms with van der Waals surface area (Å²) in [7, 11) is 0. The van der Waals surface area contributed by atoms with Crippen molar-refractivity contribution in [3.63, 3.8) is 0 Å². The molecule has 0 aromatic carbocycles. The Morgan fingerprint density at radius 3 is 2.43 bits per heavy atom. The van der Waals surface area contributed by atoms with E-state index in [1.165, 1.54) is 0 Å². The van der Waals surface area contributed by atoms with E-state index in [0.717, 1.165) is 0 Å². The molecule has 0 aromatic heterocycles. The van der Waals surface area contributed by atoms with Crippen LogP contribution in [-0.2, 0) is 9.53 Å². The number of carbonyl (C=O) groups is 1. The van der Waals surface area contributed by atoms with Crippen LogP contribution in [0.15, 0.2) is 0 Å². The first kappa shape index (κ1) is 10.4. The van der Waals surface area contributed by atoms with Crippen LogP contribution in [0.25, 0.3) is 0 Å². The Labute approximate surface area is 64.5 Å². The second-order valence-electron chi connectivity index (χ2n) is 0.756. The minimum absolute atomic E-state index is 0. The van der Waals surface area contributed by atoms with Gasteiger partial charge in [0, 0.05) is 6.54 Å². The fourth-order valence-electron chi connectivity index (χ4n) is 0.116. The van der Waals surface area contributed by atoms with E-state index < -0.39 is 0 Å². The van der Waals surface area contributed by atoms with Gasteiger partial charge >= 0.3 is 29.6 Å². The molecule has 0 fully saturated rings. The van der Waals surface area contributed by atoms with Gasteiger partial charge in [0.25, 0.3) is 6.47 Å². The van der Waals surface area contributed by atoms with E-state index in [1.807, 2.05) is 0 Å². The van der Waals surface area contributed by atoms with Gasteiger partial charge in [-0.25, -0.2) is 0 Å². The van der Waals surface area contributed by atoms with Gasteiger partial charge in [0.05, 0.1) is 0 Å². The second kappa shape index (κ2) is 9.66. The van der Waals surface area contributed by atoms with Crippen LogP contribution >= 0.6 is 0 Å². The van der Waals surface area contributed by atoms with Gasteiger partial charge in [-0.3, -0.25) is 4.79 Å². The third-order valence-corrected chi connectivity index (χ3v) is 0.304. The van der Waals surface area contributed by atoms with E-state index in [4.69, 9.17) is 5.73 Å². The first-order valence-corrected chi connectivity index (χ1v) is 1.67. The normalized spacial score (nSPS) is 6.43. The quantitative estimate of drug-likeness (QED) is 0.274. The number of carbonyl (C=O) groups excluding carboxylic acids is 1. The average Bonchev–Trinajstić information content (AvgIpc) is 1.61. The SMILES string of the molecule is NCCOC=O.[NaH]. The molecule has 3 nitrogen and oxygen atoms in total. The summed E-state index contributed by atoms with van der Waals surface area (Å²) in [6, 6.07) is 0. The molecule has 4 heteroatoms. The predicted octanol–water partition coefficient (Wildman–Crippen LogP) is -1.53. The summed E-state index contributed by atoms with van der Waals surface area (Å²) in [5, 5.41) is 0. The zero-order valence-electron chi connectivity index (χ0n) is 3.39. The summed E-state index contributed by atoms with van der Waals surface area (Å²) >= 11 is 0. The topological polar surface area (TPSA) is 52.3 Å². The van der Waals surface area contributed by atoms with E-state index >= 15 is 0 Å². The summed E-state index contributed by atoms with van der Waals surface area (Å²) in [5.41, 5.74) is 4.93. The first-order chi connectivity index (χ1) is 2.91. The van der Waals surface area contributed by atoms with Gasteiger partial charge in [0.1, 0.15) is 6.61 Å². The first-order valence-electron chi connectivity index (χ1n) is 1.67. The molecule has 0 aliphatic rings. The van der Waals surface area contributed by atoms with Gasteiger partial charge in [-0.05, 0) is 0 Å². The van der Waals surface area contributed by atoms with Crippen molar-refractivity contribution in [2.75, 3.05) is 13.2 Å². The number of rotatable bonds is 3. The molecule has 0 aliphatic heterocycles. The Balaban J connectivity index is 0. The summed E-state index contributed by atoms with van der Waals surface area (Å²) in [6.45, 7) is 1.11. The van der Waals surface area contributed by atoms with E-state index in [1.54, 1.807) is 0 Å². The van der Waals surface area contributed by atoms with Crippen molar-refractivity contribution in [2.24, 2.45) is 5.73 Å². The molecule has 2 N–H and O–H groups in total. The molecule has 0 heterocycles. The zero-order valence-corrected chi connectivity index (χ0v) is 3.39. The summed E-state index contributed by atoms with van der Waals surface area (Å²) < 4.78 is 4.18. The number of ether oxygens (including phenoxy) is 1. The van der Waals surface area contributed by atoms with Crippen LogP contribution in [0.2, 0.25) is 0 Å². The van der Waals surface area contributed by atoms with Gasteiger partial charge < -0.3 is 10.5 Å². The van der Waals surface area contributed by atoms with Gasteiger partial charge in [0.15, 0.2) is 0 Å². The fraction of sp³-hybridized carbons (Fsp3) is 0.667. The van der Waals surface area contributed by atoms with E-state index in [2.05, 4.69) is 4.74 Å². The van der Waals surface area contributed by atoms with Crippen LogP contribution in [0.1, 0.15) is 0 Å². The molecule has 0 spiro atoms. The molecule has 0 saturated heterocycles. The van der Waals surface area contributed by atoms with Crippen LogP contribution in [0.3, 0.4) is 0 Å². The molecular formula is C3H8NNaO2. The Morgan fingerprint density at radius 1 is 1.71 bits per heavy atom. The number of nitrogens with two attached hydrogens (primary N) is 1. The van der Waals surface area contributed by atoms with E-state index in [0.29, 0.717) is 19.6 Å². The minimum atomic E-state index is 0. The van der Waals surface area contributed by atoms with Gasteiger partial charge in [0.2, 0.25) is 0 Å². The van der Waals surface area contributed by atoms with Gasteiger partial charge in [-0.15, -0.1) is 0 Å². The Kier molecular flexibility index (Phi) is 14.4. The molecule has 0 bridgehead atoms. The molecule has 7 heavy (non-hydrogen) atoms. The predicted molar refractivity (Wildman–Crippen MR) is 28.2 cm³/mol. The van der Waals surface area contributed by atoms with Crippen molar-refractivity contribution in [1.29, 1.82) is 0 Å². The molecule has 0 atom stereocenters. The van der Waals surface area contributed by atoms with Crippen molar-refractivity contribution in [1.82, 2.24) is 0 Å². The van der Waals surface area contributed by atoms with Crippen LogP contribution in [-0.4, -0.2) is 49.2 Å². The molecule has 0 unspecified atom stereocenters. The third-order valence-electron chi connectivity index (χ3n) is 0.304. The van der Waals surface area contributed by atoms with Crippen LogP contribution in [0, 0.1) is 0 Å². The van der Waals surface area contributed by atoms with Crippen molar-refractivity contribution >= 4 is 36.0 Å². The summed E-state index contributed by atoms with van der Waals surface area (Å²) in [5.74, 6) is 0. The van der Waals surface area contributed by atoms with Crippen molar-refractivity contribution in [3.05, 3.63) is 0 Å². The number of hydrogen-bond donors (Lipinski definition) is 1. The Morgan fingerprint density at radius 2 is 2.29 bits per heavy atom. The van der Waals surface area contributed by atoms with Gasteiger partial charge in [-0.2, -0.15) is 0 Å².